The number of rotatable bonds is 12. The Balaban J connectivity index is 1.91. The number of amides is 1. The molecule has 1 amide bonds. The number of hydrogen-bond acceptors (Lipinski definition) is 6. The molecule has 1 unspecified atom stereocenters. The molecule has 0 spiro atoms. The zero-order chi connectivity index (χ0) is 24.6. The zero-order valence-electron chi connectivity index (χ0n) is 20.5. The Labute approximate surface area is 197 Å². The predicted molar refractivity (Wildman–Crippen MR) is 131 cm³/mol. The SMILES string of the molecule is CN(C)CCCN(C)C(=O)Cc1cccc(CC(C)(C)NCC(O)c2cc(O)cc(O)c2)c1. The van der Waals surface area contributed by atoms with Crippen LogP contribution in [0.1, 0.15) is 43.1 Å². The van der Waals surface area contributed by atoms with E-state index in [1.165, 1.54) is 18.2 Å². The molecule has 0 aliphatic carbocycles. The molecule has 0 bridgehead atoms. The van der Waals surface area contributed by atoms with Gasteiger partial charge in [0.2, 0.25) is 5.91 Å². The van der Waals surface area contributed by atoms with E-state index in [1.54, 1.807) is 4.90 Å². The van der Waals surface area contributed by atoms with Crippen molar-refractivity contribution in [1.82, 2.24) is 15.1 Å². The summed E-state index contributed by atoms with van der Waals surface area (Å²) in [7, 11) is 5.91. The second-order valence-corrected chi connectivity index (χ2v) is 9.71. The smallest absolute Gasteiger partial charge is 0.226 e. The summed E-state index contributed by atoms with van der Waals surface area (Å²) in [5.74, 6) is -0.0585. The number of phenolic OH excluding ortho intramolecular Hbond substituents is 2. The summed E-state index contributed by atoms with van der Waals surface area (Å²) >= 11 is 0. The molecule has 0 aliphatic heterocycles. The molecule has 0 aromatic heterocycles. The second kappa shape index (κ2) is 12.0. The van der Waals surface area contributed by atoms with Gasteiger partial charge in [0.15, 0.2) is 0 Å². The molecule has 0 saturated carbocycles. The van der Waals surface area contributed by atoms with E-state index >= 15 is 0 Å². The molecule has 0 radical (unpaired) electrons. The van der Waals surface area contributed by atoms with Crippen molar-refractivity contribution in [2.24, 2.45) is 0 Å². The second-order valence-electron chi connectivity index (χ2n) is 9.71. The van der Waals surface area contributed by atoms with Gasteiger partial charge in [0.1, 0.15) is 11.5 Å². The molecule has 182 valence electrons. The van der Waals surface area contributed by atoms with E-state index in [9.17, 15) is 20.1 Å². The minimum atomic E-state index is -0.866. The Morgan fingerprint density at radius 3 is 2.27 bits per heavy atom. The van der Waals surface area contributed by atoms with Crippen LogP contribution in [0.25, 0.3) is 0 Å². The van der Waals surface area contributed by atoms with Crippen molar-refractivity contribution >= 4 is 5.91 Å². The van der Waals surface area contributed by atoms with Crippen LogP contribution in [0.2, 0.25) is 0 Å². The van der Waals surface area contributed by atoms with Gasteiger partial charge in [-0.25, -0.2) is 0 Å². The maximum Gasteiger partial charge on any atom is 0.226 e. The number of likely N-dealkylation sites (N-methyl/N-ethyl adjacent to an activating group) is 1. The molecule has 0 saturated heterocycles. The Bertz CT molecular complexity index is 894. The molecular weight excluding hydrogens is 418 g/mol. The van der Waals surface area contributed by atoms with E-state index in [4.69, 9.17) is 0 Å². The molecule has 33 heavy (non-hydrogen) atoms. The molecule has 0 fully saturated rings. The summed E-state index contributed by atoms with van der Waals surface area (Å²) in [6.45, 7) is 6.07. The minimum Gasteiger partial charge on any atom is -0.508 e. The van der Waals surface area contributed by atoms with E-state index in [0.717, 1.165) is 30.6 Å². The van der Waals surface area contributed by atoms with Crippen LogP contribution >= 0.6 is 0 Å². The number of carbonyl (C=O) groups excluding carboxylic acids is 1. The molecular formula is C26H39N3O4. The summed E-state index contributed by atoms with van der Waals surface area (Å²) in [5, 5.41) is 33.1. The summed E-state index contributed by atoms with van der Waals surface area (Å²) in [5.41, 5.74) is 2.23. The third-order valence-corrected chi connectivity index (χ3v) is 5.60. The molecule has 0 aliphatic rings. The molecule has 1 atom stereocenters. The normalized spacial score (nSPS) is 12.7. The van der Waals surface area contributed by atoms with Gasteiger partial charge >= 0.3 is 0 Å². The highest BCUT2D eigenvalue weighted by Crippen LogP contribution is 2.25. The van der Waals surface area contributed by atoms with Gasteiger partial charge in [-0.05, 0) is 76.2 Å². The van der Waals surface area contributed by atoms with E-state index in [1.807, 2.05) is 39.3 Å². The predicted octanol–water partition coefficient (Wildman–Crippen LogP) is 2.69. The van der Waals surface area contributed by atoms with Crippen molar-refractivity contribution in [3.05, 3.63) is 59.2 Å². The molecule has 7 heteroatoms. The van der Waals surface area contributed by atoms with Crippen molar-refractivity contribution in [1.29, 1.82) is 0 Å². The summed E-state index contributed by atoms with van der Waals surface area (Å²) in [4.78, 5) is 16.5. The average Bonchev–Trinajstić information content (AvgIpc) is 2.71. The lowest BCUT2D eigenvalue weighted by Gasteiger charge is -2.28. The number of aliphatic hydroxyl groups is 1. The minimum absolute atomic E-state index is 0.0852. The Morgan fingerprint density at radius 1 is 1.00 bits per heavy atom. The van der Waals surface area contributed by atoms with Gasteiger partial charge in [-0.1, -0.05) is 24.3 Å². The lowest BCUT2D eigenvalue weighted by molar-refractivity contribution is -0.129. The summed E-state index contributed by atoms with van der Waals surface area (Å²) in [6.07, 6.45) is 1.17. The van der Waals surface area contributed by atoms with Gasteiger partial charge in [-0.15, -0.1) is 0 Å². The van der Waals surface area contributed by atoms with Crippen LogP contribution in [0.5, 0.6) is 11.5 Å². The van der Waals surface area contributed by atoms with Gasteiger partial charge in [0.05, 0.1) is 12.5 Å². The molecule has 2 aromatic rings. The lowest BCUT2D eigenvalue weighted by Crippen LogP contribution is -2.43. The highest BCUT2D eigenvalue weighted by atomic mass is 16.3. The first-order valence-electron chi connectivity index (χ1n) is 11.4. The number of carbonyl (C=O) groups is 1. The van der Waals surface area contributed by atoms with Gasteiger partial charge in [-0.3, -0.25) is 4.79 Å². The molecule has 0 heterocycles. The quantitative estimate of drug-likeness (QED) is 0.391. The van der Waals surface area contributed by atoms with Crippen LogP contribution in [-0.2, 0) is 17.6 Å². The van der Waals surface area contributed by atoms with Gasteiger partial charge in [0.25, 0.3) is 0 Å². The van der Waals surface area contributed by atoms with E-state index < -0.39 is 6.10 Å². The van der Waals surface area contributed by atoms with E-state index in [0.29, 0.717) is 18.4 Å². The number of nitrogens with zero attached hydrogens (tertiary/aromatic N) is 2. The largest absolute Gasteiger partial charge is 0.508 e. The third kappa shape index (κ3) is 9.42. The van der Waals surface area contributed by atoms with Gasteiger partial charge in [-0.2, -0.15) is 0 Å². The molecule has 2 rings (SSSR count). The number of β-amino-alcohol motifs (C(OH)–C–C–N with tert-alkyl or cyclic N) is 1. The first-order chi connectivity index (χ1) is 15.4. The maximum absolute atomic E-state index is 12.6. The molecule has 7 nitrogen and oxygen atoms in total. The highest BCUT2D eigenvalue weighted by Gasteiger charge is 2.21. The molecule has 2 aromatic carbocycles. The number of hydrogen-bond donors (Lipinski definition) is 4. The zero-order valence-corrected chi connectivity index (χ0v) is 20.5. The lowest BCUT2D eigenvalue weighted by atomic mass is 9.93. The number of aromatic hydroxyl groups is 2. The highest BCUT2D eigenvalue weighted by molar-refractivity contribution is 5.78. The van der Waals surface area contributed by atoms with Crippen LogP contribution in [-0.4, -0.2) is 77.3 Å². The van der Waals surface area contributed by atoms with Crippen molar-refractivity contribution < 1.29 is 20.1 Å². The first kappa shape index (κ1) is 26.6. The number of nitrogens with one attached hydrogen (secondary N) is 1. The Morgan fingerprint density at radius 2 is 1.64 bits per heavy atom. The molecule has 4 N–H and O–H groups in total. The average molecular weight is 458 g/mol. The third-order valence-electron chi connectivity index (χ3n) is 5.60. The fourth-order valence-electron chi connectivity index (χ4n) is 3.78. The van der Waals surface area contributed by atoms with Crippen LogP contribution in [0, 0.1) is 0 Å². The number of aliphatic hydroxyl groups excluding tert-OH is 1. The summed E-state index contributed by atoms with van der Waals surface area (Å²) < 4.78 is 0. The number of benzene rings is 2. The summed E-state index contributed by atoms with van der Waals surface area (Å²) in [6, 6.07) is 12.2. The topological polar surface area (TPSA) is 96.3 Å². The van der Waals surface area contributed by atoms with Crippen LogP contribution < -0.4 is 5.32 Å². The monoisotopic (exact) mass is 457 g/mol. The van der Waals surface area contributed by atoms with Gasteiger partial charge in [0, 0.05) is 31.7 Å². The fraction of sp³-hybridized carbons (Fsp3) is 0.500. The van der Waals surface area contributed by atoms with Gasteiger partial charge < -0.3 is 30.4 Å². The van der Waals surface area contributed by atoms with Crippen molar-refractivity contribution in [2.45, 2.75) is 44.8 Å². The van der Waals surface area contributed by atoms with Crippen molar-refractivity contribution in [3.63, 3.8) is 0 Å². The van der Waals surface area contributed by atoms with Crippen LogP contribution in [0.15, 0.2) is 42.5 Å². The van der Waals surface area contributed by atoms with Crippen molar-refractivity contribution in [3.8, 4) is 11.5 Å². The maximum atomic E-state index is 12.6. The first-order valence-corrected chi connectivity index (χ1v) is 11.4. The Hall–Kier alpha value is -2.61. The van der Waals surface area contributed by atoms with E-state index in [-0.39, 0.29) is 29.5 Å². The standard InChI is InChI=1S/C26H39N3O4/c1-26(2,27-18-24(32)21-14-22(30)16-23(31)15-21)17-20-9-6-8-19(12-20)13-25(33)29(5)11-7-10-28(3)4/h6,8-9,12,14-16,24,27,30-32H,7,10-11,13,17-18H2,1-5H3. The van der Waals surface area contributed by atoms with Crippen LogP contribution in [0.3, 0.4) is 0 Å². The Kier molecular flexibility index (Phi) is 9.70. The van der Waals surface area contributed by atoms with Crippen molar-refractivity contribution in [2.75, 3.05) is 40.8 Å². The fourth-order valence-corrected chi connectivity index (χ4v) is 3.78. The van der Waals surface area contributed by atoms with Crippen LogP contribution in [0.4, 0.5) is 0 Å². The number of phenols is 2. The van der Waals surface area contributed by atoms with E-state index in [2.05, 4.69) is 30.1 Å².